The highest BCUT2D eigenvalue weighted by Crippen LogP contribution is 2.33. The molecule has 1 fully saturated rings. The van der Waals surface area contributed by atoms with Gasteiger partial charge in [0.1, 0.15) is 0 Å². The third kappa shape index (κ3) is 17.8. The summed E-state index contributed by atoms with van der Waals surface area (Å²) in [4.78, 5) is 19.8. The topological polar surface area (TPSA) is 94.8 Å². The Bertz CT molecular complexity index is 474. The average Bonchev–Trinajstić information content (AvgIpc) is 2.67. The highest BCUT2D eigenvalue weighted by Gasteiger charge is 2.28. The summed E-state index contributed by atoms with van der Waals surface area (Å²) in [6, 6.07) is 0. The quantitative estimate of drug-likeness (QED) is 0.199. The first-order valence-corrected chi connectivity index (χ1v) is 12.8. The molecule has 2 atom stereocenters. The summed E-state index contributed by atoms with van der Waals surface area (Å²) in [6.07, 6.45) is 20.7. The molecule has 0 aromatic rings. The second-order valence-corrected chi connectivity index (χ2v) is 9.34. The van der Waals surface area contributed by atoms with Crippen LogP contribution in [0.3, 0.4) is 0 Å². The van der Waals surface area contributed by atoms with Crippen molar-refractivity contribution in [2.24, 2.45) is 0 Å². The predicted molar refractivity (Wildman–Crippen MR) is 126 cm³/mol. The molecule has 0 saturated heterocycles. The standard InChI is InChI=1S/C22H40O3S.C2H4O2/c1-2-3-4-5-6-7-8-9-10-11-12-13-15-19-16-14-17-20(23)22(19)26-18-21(24)25;1-2(3)4/h15,20,22-23H,2-14,16-18H2,1H3,(H,24,25);1H3,(H,3,4)/t20?,22-;/m0./s1. The number of hydrogen-bond acceptors (Lipinski definition) is 4. The summed E-state index contributed by atoms with van der Waals surface area (Å²) in [7, 11) is 0. The van der Waals surface area contributed by atoms with Gasteiger partial charge in [-0.3, -0.25) is 9.59 Å². The number of aliphatic carboxylic acids is 2. The Balaban J connectivity index is 0.00000192. The molecule has 0 amide bonds. The van der Waals surface area contributed by atoms with Crippen LogP contribution in [-0.4, -0.2) is 44.4 Å². The van der Waals surface area contributed by atoms with Crippen molar-refractivity contribution < 1.29 is 24.9 Å². The minimum Gasteiger partial charge on any atom is -0.481 e. The van der Waals surface area contributed by atoms with Gasteiger partial charge in [-0.1, -0.05) is 82.8 Å². The summed E-state index contributed by atoms with van der Waals surface area (Å²) < 4.78 is 0. The lowest BCUT2D eigenvalue weighted by atomic mass is 9.91. The molecule has 6 heteroatoms. The Labute approximate surface area is 187 Å². The smallest absolute Gasteiger partial charge is 0.313 e. The molecule has 1 aliphatic rings. The number of thioether (sulfide) groups is 1. The van der Waals surface area contributed by atoms with Crippen LogP contribution in [0.4, 0.5) is 0 Å². The van der Waals surface area contributed by atoms with Gasteiger partial charge in [0.15, 0.2) is 0 Å². The van der Waals surface area contributed by atoms with Gasteiger partial charge in [0.25, 0.3) is 5.97 Å². The monoisotopic (exact) mass is 444 g/mol. The van der Waals surface area contributed by atoms with Crippen molar-refractivity contribution in [3.63, 3.8) is 0 Å². The molecule has 0 heterocycles. The fraction of sp³-hybridized carbons (Fsp3) is 0.833. The van der Waals surface area contributed by atoms with E-state index < -0.39 is 11.9 Å². The Kier molecular flexibility index (Phi) is 19.3. The van der Waals surface area contributed by atoms with Crippen LogP contribution in [0.2, 0.25) is 0 Å². The maximum atomic E-state index is 10.8. The minimum absolute atomic E-state index is 0.00689. The molecule has 0 aliphatic heterocycles. The van der Waals surface area contributed by atoms with Gasteiger partial charge in [-0.15, -0.1) is 11.8 Å². The van der Waals surface area contributed by atoms with E-state index in [0.29, 0.717) is 0 Å². The van der Waals surface area contributed by atoms with E-state index in [1.807, 2.05) is 0 Å². The molecule has 176 valence electrons. The van der Waals surface area contributed by atoms with Crippen molar-refractivity contribution in [1.82, 2.24) is 0 Å². The second kappa shape index (κ2) is 19.9. The van der Waals surface area contributed by atoms with Crippen molar-refractivity contribution in [1.29, 1.82) is 0 Å². The van der Waals surface area contributed by atoms with Gasteiger partial charge >= 0.3 is 5.97 Å². The first-order chi connectivity index (χ1) is 14.4. The zero-order valence-electron chi connectivity index (χ0n) is 19.1. The number of carbonyl (C=O) groups is 2. The van der Waals surface area contributed by atoms with Crippen molar-refractivity contribution in [3.8, 4) is 0 Å². The lowest BCUT2D eigenvalue weighted by Gasteiger charge is -2.29. The number of rotatable bonds is 15. The zero-order chi connectivity index (χ0) is 22.6. The van der Waals surface area contributed by atoms with Crippen molar-refractivity contribution in [2.75, 3.05) is 5.75 Å². The molecule has 5 nitrogen and oxygen atoms in total. The molecule has 0 spiro atoms. The Morgan fingerprint density at radius 3 is 1.97 bits per heavy atom. The first kappa shape index (κ1) is 29.0. The molecular weight excluding hydrogens is 400 g/mol. The second-order valence-electron chi connectivity index (χ2n) is 8.21. The van der Waals surface area contributed by atoms with Gasteiger partial charge in [0.2, 0.25) is 0 Å². The molecule has 1 unspecified atom stereocenters. The SMILES string of the molecule is CC(=O)O.CCCCCCCCCCCCCC=C1CCCC(O)[C@H]1SCC(=O)O. The van der Waals surface area contributed by atoms with Gasteiger partial charge in [-0.05, 0) is 32.1 Å². The first-order valence-electron chi connectivity index (χ1n) is 11.8. The van der Waals surface area contributed by atoms with Crippen LogP contribution in [-0.2, 0) is 9.59 Å². The third-order valence-corrected chi connectivity index (χ3v) is 6.67. The van der Waals surface area contributed by atoms with Crippen LogP contribution in [0, 0.1) is 0 Å². The number of unbranched alkanes of at least 4 members (excludes halogenated alkanes) is 11. The minimum atomic E-state index is -0.833. The van der Waals surface area contributed by atoms with Crippen LogP contribution >= 0.6 is 11.8 Å². The summed E-state index contributed by atoms with van der Waals surface area (Å²) in [6.45, 7) is 3.35. The summed E-state index contributed by atoms with van der Waals surface area (Å²) in [5.41, 5.74) is 1.28. The Morgan fingerprint density at radius 2 is 1.47 bits per heavy atom. The Morgan fingerprint density at radius 1 is 0.967 bits per heavy atom. The fourth-order valence-electron chi connectivity index (χ4n) is 3.75. The Hall–Kier alpha value is -1.01. The lowest BCUT2D eigenvalue weighted by Crippen LogP contribution is -2.30. The van der Waals surface area contributed by atoms with E-state index in [1.165, 1.54) is 88.0 Å². The number of carboxylic acid groups (broad SMARTS) is 2. The average molecular weight is 445 g/mol. The fourth-order valence-corrected chi connectivity index (χ4v) is 4.86. The van der Waals surface area contributed by atoms with E-state index in [0.717, 1.165) is 32.6 Å². The molecular formula is C24H44O5S. The highest BCUT2D eigenvalue weighted by molar-refractivity contribution is 8.00. The van der Waals surface area contributed by atoms with Crippen LogP contribution in [0.1, 0.15) is 110 Å². The molecule has 0 aromatic carbocycles. The van der Waals surface area contributed by atoms with Crippen LogP contribution in [0.5, 0.6) is 0 Å². The van der Waals surface area contributed by atoms with Crippen LogP contribution < -0.4 is 0 Å². The maximum Gasteiger partial charge on any atom is 0.313 e. The molecule has 30 heavy (non-hydrogen) atoms. The number of aliphatic hydroxyl groups is 1. The van der Waals surface area contributed by atoms with Crippen molar-refractivity contribution in [3.05, 3.63) is 11.6 Å². The van der Waals surface area contributed by atoms with Crippen molar-refractivity contribution in [2.45, 2.75) is 122 Å². The van der Waals surface area contributed by atoms with E-state index in [2.05, 4.69) is 13.0 Å². The van der Waals surface area contributed by atoms with E-state index in [-0.39, 0.29) is 17.1 Å². The van der Waals surface area contributed by atoms with Gasteiger partial charge in [0, 0.05) is 6.92 Å². The summed E-state index contributed by atoms with van der Waals surface area (Å²) in [5, 5.41) is 26.5. The summed E-state index contributed by atoms with van der Waals surface area (Å²) in [5.74, 6) is -1.55. The molecule has 0 aromatic heterocycles. The molecule has 1 aliphatic carbocycles. The van der Waals surface area contributed by atoms with Gasteiger partial charge in [-0.2, -0.15) is 0 Å². The van der Waals surface area contributed by atoms with E-state index in [1.54, 1.807) is 0 Å². The number of hydrogen-bond donors (Lipinski definition) is 3. The van der Waals surface area contributed by atoms with Gasteiger partial charge in [0.05, 0.1) is 17.1 Å². The van der Waals surface area contributed by atoms with E-state index in [9.17, 15) is 9.90 Å². The van der Waals surface area contributed by atoms with E-state index in [4.69, 9.17) is 15.0 Å². The largest absolute Gasteiger partial charge is 0.481 e. The summed E-state index contributed by atoms with van der Waals surface area (Å²) >= 11 is 1.39. The van der Waals surface area contributed by atoms with Crippen LogP contribution in [0.25, 0.3) is 0 Å². The number of allylic oxidation sites excluding steroid dienone is 1. The third-order valence-electron chi connectivity index (χ3n) is 5.28. The molecule has 1 saturated carbocycles. The molecule has 0 bridgehead atoms. The molecule has 3 N–H and O–H groups in total. The van der Waals surface area contributed by atoms with Crippen LogP contribution in [0.15, 0.2) is 11.6 Å². The van der Waals surface area contributed by atoms with E-state index >= 15 is 0 Å². The normalized spacial score (nSPS) is 19.9. The molecule has 1 rings (SSSR count). The lowest BCUT2D eigenvalue weighted by molar-refractivity contribution is -0.135. The number of carboxylic acids is 2. The highest BCUT2D eigenvalue weighted by atomic mass is 32.2. The maximum absolute atomic E-state index is 10.8. The zero-order valence-corrected chi connectivity index (χ0v) is 19.9. The van der Waals surface area contributed by atoms with Gasteiger partial charge in [-0.25, -0.2) is 0 Å². The predicted octanol–water partition coefficient (Wildman–Crippen LogP) is 6.44. The number of aliphatic hydroxyl groups excluding tert-OH is 1. The van der Waals surface area contributed by atoms with Crippen molar-refractivity contribution >= 4 is 23.7 Å². The molecule has 0 radical (unpaired) electrons. The van der Waals surface area contributed by atoms with Gasteiger partial charge < -0.3 is 15.3 Å².